The standard InChI is InChI=1S/C15H23N3O2.ClH/c1-4-18(3)15(20)11(2)17-14(19)13(10-16)12-8-6-5-7-9-12;/h5-9,11,13H,4,10,16H2,1-3H3,(H,17,19);1H. The van der Waals surface area contributed by atoms with Crippen molar-refractivity contribution < 1.29 is 9.59 Å². The molecule has 0 saturated heterocycles. The third kappa shape index (κ3) is 5.36. The summed E-state index contributed by atoms with van der Waals surface area (Å²) in [7, 11) is 1.71. The maximum Gasteiger partial charge on any atom is 0.244 e. The van der Waals surface area contributed by atoms with E-state index in [1.807, 2.05) is 37.3 Å². The fraction of sp³-hybridized carbons (Fsp3) is 0.467. The van der Waals surface area contributed by atoms with E-state index in [1.165, 1.54) is 0 Å². The summed E-state index contributed by atoms with van der Waals surface area (Å²) in [4.78, 5) is 25.7. The van der Waals surface area contributed by atoms with Crippen LogP contribution in [-0.2, 0) is 9.59 Å². The Balaban J connectivity index is 0.00000400. The van der Waals surface area contributed by atoms with Gasteiger partial charge in [-0.25, -0.2) is 0 Å². The molecule has 5 nitrogen and oxygen atoms in total. The van der Waals surface area contributed by atoms with Crippen molar-refractivity contribution in [3.05, 3.63) is 35.9 Å². The maximum atomic E-state index is 12.2. The number of hydrogen-bond acceptors (Lipinski definition) is 3. The Morgan fingerprint density at radius 2 is 1.86 bits per heavy atom. The third-order valence-corrected chi connectivity index (χ3v) is 3.33. The molecule has 0 aromatic heterocycles. The predicted molar refractivity (Wildman–Crippen MR) is 86.4 cm³/mol. The summed E-state index contributed by atoms with van der Waals surface area (Å²) in [5, 5.41) is 2.73. The molecule has 2 atom stereocenters. The first-order valence-corrected chi connectivity index (χ1v) is 6.81. The van der Waals surface area contributed by atoms with Crippen LogP contribution in [0.15, 0.2) is 30.3 Å². The first-order chi connectivity index (χ1) is 9.51. The molecule has 6 heteroatoms. The summed E-state index contributed by atoms with van der Waals surface area (Å²) in [6, 6.07) is 8.79. The first-order valence-electron chi connectivity index (χ1n) is 6.81. The van der Waals surface area contributed by atoms with Crippen LogP contribution in [0.2, 0.25) is 0 Å². The van der Waals surface area contributed by atoms with Crippen molar-refractivity contribution >= 4 is 24.2 Å². The molecule has 0 heterocycles. The van der Waals surface area contributed by atoms with Crippen LogP contribution >= 0.6 is 12.4 Å². The molecule has 1 rings (SSSR count). The summed E-state index contributed by atoms with van der Waals surface area (Å²) in [6.07, 6.45) is 0. The van der Waals surface area contributed by atoms with Gasteiger partial charge in [-0.3, -0.25) is 9.59 Å². The molecule has 2 amide bonds. The predicted octanol–water partition coefficient (Wildman–Crippen LogP) is 1.13. The van der Waals surface area contributed by atoms with E-state index in [0.29, 0.717) is 6.54 Å². The van der Waals surface area contributed by atoms with Crippen molar-refractivity contribution in [1.29, 1.82) is 0 Å². The number of nitrogens with one attached hydrogen (secondary N) is 1. The van der Waals surface area contributed by atoms with Crippen molar-refractivity contribution in [2.24, 2.45) is 5.73 Å². The number of carbonyl (C=O) groups excluding carboxylic acids is 2. The van der Waals surface area contributed by atoms with Crippen molar-refractivity contribution in [1.82, 2.24) is 10.2 Å². The van der Waals surface area contributed by atoms with Crippen LogP contribution in [0, 0.1) is 0 Å². The topological polar surface area (TPSA) is 75.4 Å². The van der Waals surface area contributed by atoms with Gasteiger partial charge in [-0.2, -0.15) is 0 Å². The number of likely N-dealkylation sites (N-methyl/N-ethyl adjacent to an activating group) is 1. The van der Waals surface area contributed by atoms with Gasteiger partial charge in [0.1, 0.15) is 6.04 Å². The zero-order valence-electron chi connectivity index (χ0n) is 12.7. The minimum Gasteiger partial charge on any atom is -0.344 e. The second-order valence-electron chi connectivity index (χ2n) is 4.78. The Labute approximate surface area is 132 Å². The molecule has 0 bridgehead atoms. The van der Waals surface area contributed by atoms with Gasteiger partial charge in [-0.1, -0.05) is 30.3 Å². The molecular formula is C15H24ClN3O2. The lowest BCUT2D eigenvalue weighted by Gasteiger charge is -2.23. The number of halogens is 1. The number of amides is 2. The summed E-state index contributed by atoms with van der Waals surface area (Å²) in [6.45, 7) is 4.39. The third-order valence-electron chi connectivity index (χ3n) is 3.33. The minimum absolute atomic E-state index is 0. The summed E-state index contributed by atoms with van der Waals surface area (Å²) in [5.41, 5.74) is 6.54. The quantitative estimate of drug-likeness (QED) is 0.827. The van der Waals surface area contributed by atoms with E-state index < -0.39 is 12.0 Å². The fourth-order valence-electron chi connectivity index (χ4n) is 1.94. The Hall–Kier alpha value is -1.59. The van der Waals surface area contributed by atoms with E-state index in [-0.39, 0.29) is 30.8 Å². The number of nitrogens with two attached hydrogens (primary N) is 1. The molecule has 1 aromatic carbocycles. The molecule has 0 aliphatic rings. The highest BCUT2D eigenvalue weighted by molar-refractivity contribution is 5.90. The Kier molecular flexibility index (Phi) is 8.66. The largest absolute Gasteiger partial charge is 0.344 e. The molecule has 0 spiro atoms. The molecule has 2 unspecified atom stereocenters. The van der Waals surface area contributed by atoms with E-state index in [0.717, 1.165) is 5.56 Å². The van der Waals surface area contributed by atoms with Crippen molar-refractivity contribution in [2.75, 3.05) is 20.1 Å². The number of benzene rings is 1. The minimum atomic E-state index is -0.551. The zero-order valence-corrected chi connectivity index (χ0v) is 13.5. The zero-order chi connectivity index (χ0) is 15.1. The average Bonchev–Trinajstić information content (AvgIpc) is 2.47. The Bertz CT molecular complexity index is 453. The lowest BCUT2D eigenvalue weighted by Crippen LogP contribution is -2.47. The lowest BCUT2D eigenvalue weighted by molar-refractivity contribution is -0.135. The van der Waals surface area contributed by atoms with Crippen molar-refractivity contribution in [3.63, 3.8) is 0 Å². The molecule has 0 aliphatic heterocycles. The molecule has 0 radical (unpaired) electrons. The molecular weight excluding hydrogens is 290 g/mol. The van der Waals surface area contributed by atoms with Crippen LogP contribution in [0.4, 0.5) is 0 Å². The molecule has 118 valence electrons. The van der Waals surface area contributed by atoms with Gasteiger partial charge in [-0.15, -0.1) is 12.4 Å². The highest BCUT2D eigenvalue weighted by Crippen LogP contribution is 2.14. The first kappa shape index (κ1) is 19.4. The average molecular weight is 314 g/mol. The molecule has 0 aliphatic carbocycles. The van der Waals surface area contributed by atoms with Crippen LogP contribution in [0.3, 0.4) is 0 Å². The number of rotatable bonds is 6. The highest BCUT2D eigenvalue weighted by atomic mass is 35.5. The molecule has 1 aromatic rings. The molecule has 21 heavy (non-hydrogen) atoms. The Morgan fingerprint density at radius 3 is 2.33 bits per heavy atom. The van der Waals surface area contributed by atoms with Gasteiger partial charge in [0.2, 0.25) is 11.8 Å². The normalized spacial score (nSPS) is 12.8. The maximum absolute atomic E-state index is 12.2. The van der Waals surface area contributed by atoms with Crippen molar-refractivity contribution in [2.45, 2.75) is 25.8 Å². The van der Waals surface area contributed by atoms with Crippen molar-refractivity contribution in [3.8, 4) is 0 Å². The van der Waals surface area contributed by atoms with Crippen LogP contribution in [0.25, 0.3) is 0 Å². The number of hydrogen-bond donors (Lipinski definition) is 2. The number of nitrogens with zero attached hydrogens (tertiary/aromatic N) is 1. The lowest BCUT2D eigenvalue weighted by atomic mass is 9.98. The summed E-state index contributed by atoms with van der Waals surface area (Å²) in [5.74, 6) is -0.757. The second-order valence-corrected chi connectivity index (χ2v) is 4.78. The smallest absolute Gasteiger partial charge is 0.244 e. The monoisotopic (exact) mass is 313 g/mol. The highest BCUT2D eigenvalue weighted by Gasteiger charge is 2.24. The van der Waals surface area contributed by atoms with Crippen LogP contribution in [0.1, 0.15) is 25.3 Å². The van der Waals surface area contributed by atoms with E-state index in [2.05, 4.69) is 5.32 Å². The second kappa shape index (κ2) is 9.37. The molecule has 0 saturated carbocycles. The van der Waals surface area contributed by atoms with Gasteiger partial charge >= 0.3 is 0 Å². The summed E-state index contributed by atoms with van der Waals surface area (Å²) >= 11 is 0. The van der Waals surface area contributed by atoms with Gasteiger partial charge in [0, 0.05) is 20.1 Å². The summed E-state index contributed by atoms with van der Waals surface area (Å²) < 4.78 is 0. The van der Waals surface area contributed by atoms with Gasteiger partial charge in [0.15, 0.2) is 0 Å². The molecule has 3 N–H and O–H groups in total. The van der Waals surface area contributed by atoms with E-state index in [9.17, 15) is 9.59 Å². The van der Waals surface area contributed by atoms with Gasteiger partial charge in [0.05, 0.1) is 5.92 Å². The van der Waals surface area contributed by atoms with Gasteiger partial charge < -0.3 is 16.0 Å². The van der Waals surface area contributed by atoms with E-state index in [1.54, 1.807) is 18.9 Å². The van der Waals surface area contributed by atoms with E-state index >= 15 is 0 Å². The molecule has 0 fully saturated rings. The van der Waals surface area contributed by atoms with Gasteiger partial charge in [-0.05, 0) is 19.4 Å². The SMILES string of the molecule is CCN(C)C(=O)C(C)NC(=O)C(CN)c1ccccc1.Cl. The Morgan fingerprint density at radius 1 is 1.29 bits per heavy atom. The number of carbonyl (C=O) groups is 2. The van der Waals surface area contributed by atoms with Crippen LogP contribution < -0.4 is 11.1 Å². The van der Waals surface area contributed by atoms with Crippen LogP contribution in [-0.4, -0.2) is 42.9 Å². The fourth-order valence-corrected chi connectivity index (χ4v) is 1.94. The van der Waals surface area contributed by atoms with Crippen LogP contribution in [0.5, 0.6) is 0 Å². The van der Waals surface area contributed by atoms with E-state index in [4.69, 9.17) is 5.73 Å². The van der Waals surface area contributed by atoms with Gasteiger partial charge in [0.25, 0.3) is 0 Å².